The van der Waals surface area contributed by atoms with Crippen molar-refractivity contribution in [2.45, 2.75) is 18.9 Å². The molecule has 1 unspecified atom stereocenters. The SMILES string of the molecule is CN(c1nc2ccc(F)cc2[nH]1)C(CN)C1CC1. The van der Waals surface area contributed by atoms with E-state index >= 15 is 0 Å². The van der Waals surface area contributed by atoms with Gasteiger partial charge in [-0.25, -0.2) is 9.37 Å². The molecule has 18 heavy (non-hydrogen) atoms. The van der Waals surface area contributed by atoms with Crippen LogP contribution in [0.15, 0.2) is 18.2 Å². The number of imidazole rings is 1. The van der Waals surface area contributed by atoms with Crippen LogP contribution in [0.25, 0.3) is 11.0 Å². The highest BCUT2D eigenvalue weighted by molar-refractivity contribution is 5.77. The van der Waals surface area contributed by atoms with Gasteiger partial charge in [0.2, 0.25) is 5.95 Å². The number of anilines is 1. The van der Waals surface area contributed by atoms with Gasteiger partial charge in [-0.2, -0.15) is 0 Å². The fraction of sp³-hybridized carbons (Fsp3) is 0.462. The van der Waals surface area contributed by atoms with Crippen LogP contribution < -0.4 is 10.6 Å². The van der Waals surface area contributed by atoms with Crippen LogP contribution in [0.4, 0.5) is 10.3 Å². The van der Waals surface area contributed by atoms with Crippen molar-refractivity contribution in [3.63, 3.8) is 0 Å². The molecule has 96 valence electrons. The van der Waals surface area contributed by atoms with E-state index in [0.717, 1.165) is 17.0 Å². The highest BCUT2D eigenvalue weighted by Gasteiger charge is 2.33. The highest BCUT2D eigenvalue weighted by atomic mass is 19.1. The van der Waals surface area contributed by atoms with Crippen molar-refractivity contribution in [2.24, 2.45) is 11.7 Å². The first-order valence-corrected chi connectivity index (χ1v) is 6.27. The zero-order valence-corrected chi connectivity index (χ0v) is 10.4. The summed E-state index contributed by atoms with van der Waals surface area (Å²) in [6, 6.07) is 4.89. The van der Waals surface area contributed by atoms with Gasteiger partial charge >= 0.3 is 0 Å². The maximum Gasteiger partial charge on any atom is 0.203 e. The number of halogens is 1. The molecule has 0 aliphatic heterocycles. The average molecular weight is 248 g/mol. The van der Waals surface area contributed by atoms with Gasteiger partial charge in [-0.15, -0.1) is 0 Å². The third-order valence-electron chi connectivity index (χ3n) is 3.67. The smallest absolute Gasteiger partial charge is 0.203 e. The van der Waals surface area contributed by atoms with Gasteiger partial charge in [0.05, 0.1) is 11.0 Å². The summed E-state index contributed by atoms with van der Waals surface area (Å²) in [6.07, 6.45) is 2.47. The van der Waals surface area contributed by atoms with Crippen molar-refractivity contribution in [3.8, 4) is 0 Å². The Balaban J connectivity index is 1.92. The Morgan fingerprint density at radius 3 is 3.00 bits per heavy atom. The molecule has 3 rings (SSSR count). The molecule has 1 atom stereocenters. The first-order valence-electron chi connectivity index (χ1n) is 6.27. The summed E-state index contributed by atoms with van der Waals surface area (Å²) < 4.78 is 13.1. The molecule has 5 heteroatoms. The molecule has 1 saturated carbocycles. The molecule has 1 aliphatic carbocycles. The number of hydrogen-bond donors (Lipinski definition) is 2. The Hall–Kier alpha value is -1.62. The van der Waals surface area contributed by atoms with E-state index in [9.17, 15) is 4.39 Å². The first kappa shape index (κ1) is 11.5. The quantitative estimate of drug-likeness (QED) is 0.868. The van der Waals surface area contributed by atoms with E-state index in [0.29, 0.717) is 18.5 Å². The van der Waals surface area contributed by atoms with Gasteiger partial charge in [0.15, 0.2) is 0 Å². The van der Waals surface area contributed by atoms with E-state index in [1.165, 1.54) is 25.0 Å². The summed E-state index contributed by atoms with van der Waals surface area (Å²) in [7, 11) is 1.99. The lowest BCUT2D eigenvalue weighted by molar-refractivity contribution is 0.563. The minimum atomic E-state index is -0.252. The molecule has 2 aromatic rings. The van der Waals surface area contributed by atoms with Crippen LogP contribution in [0, 0.1) is 11.7 Å². The average Bonchev–Trinajstić information content (AvgIpc) is 3.08. The zero-order valence-electron chi connectivity index (χ0n) is 10.4. The highest BCUT2D eigenvalue weighted by Crippen LogP contribution is 2.35. The summed E-state index contributed by atoms with van der Waals surface area (Å²) in [5.74, 6) is 1.18. The van der Waals surface area contributed by atoms with Crippen LogP contribution in [0.2, 0.25) is 0 Å². The lowest BCUT2D eigenvalue weighted by Gasteiger charge is -2.26. The maximum absolute atomic E-state index is 13.1. The number of nitrogens with one attached hydrogen (secondary N) is 1. The molecule has 0 spiro atoms. The Bertz CT molecular complexity index is 561. The van der Waals surface area contributed by atoms with E-state index in [2.05, 4.69) is 14.9 Å². The van der Waals surface area contributed by atoms with E-state index < -0.39 is 0 Å². The van der Waals surface area contributed by atoms with Gasteiger partial charge < -0.3 is 15.6 Å². The number of H-pyrrole nitrogens is 1. The van der Waals surface area contributed by atoms with Gasteiger partial charge in [-0.3, -0.25) is 0 Å². The van der Waals surface area contributed by atoms with E-state index in [4.69, 9.17) is 5.73 Å². The summed E-state index contributed by atoms with van der Waals surface area (Å²) in [6.45, 7) is 0.618. The Morgan fingerprint density at radius 2 is 2.33 bits per heavy atom. The fourth-order valence-corrected chi connectivity index (χ4v) is 2.44. The van der Waals surface area contributed by atoms with Crippen molar-refractivity contribution in [1.29, 1.82) is 0 Å². The lowest BCUT2D eigenvalue weighted by Crippen LogP contribution is -2.40. The predicted molar refractivity (Wildman–Crippen MR) is 70.0 cm³/mol. The molecule has 0 amide bonds. The molecule has 0 saturated heterocycles. The molecule has 1 fully saturated rings. The molecular weight excluding hydrogens is 231 g/mol. The third-order valence-corrected chi connectivity index (χ3v) is 3.67. The monoisotopic (exact) mass is 248 g/mol. The maximum atomic E-state index is 13.1. The largest absolute Gasteiger partial charge is 0.341 e. The minimum absolute atomic E-state index is 0.252. The first-order chi connectivity index (χ1) is 8.69. The number of aromatic nitrogens is 2. The minimum Gasteiger partial charge on any atom is -0.341 e. The number of nitrogens with two attached hydrogens (primary N) is 1. The number of rotatable bonds is 4. The number of fused-ring (bicyclic) bond motifs is 1. The van der Waals surface area contributed by atoms with Crippen LogP contribution in [-0.2, 0) is 0 Å². The van der Waals surface area contributed by atoms with Gasteiger partial charge in [0.25, 0.3) is 0 Å². The summed E-state index contributed by atoms with van der Waals surface area (Å²) in [5.41, 5.74) is 7.33. The van der Waals surface area contributed by atoms with E-state index in [1.54, 1.807) is 6.07 Å². The van der Waals surface area contributed by atoms with Crippen molar-refractivity contribution < 1.29 is 4.39 Å². The third kappa shape index (κ3) is 1.95. The van der Waals surface area contributed by atoms with Gasteiger partial charge in [-0.05, 0) is 37.0 Å². The molecule has 1 heterocycles. The number of benzene rings is 1. The molecular formula is C13H17FN4. The summed E-state index contributed by atoms with van der Waals surface area (Å²) >= 11 is 0. The topological polar surface area (TPSA) is 57.9 Å². The Labute approximate surface area is 105 Å². The Kier molecular flexibility index (Phi) is 2.70. The molecule has 1 aliphatic rings. The second kappa shape index (κ2) is 4.24. The Morgan fingerprint density at radius 1 is 1.56 bits per heavy atom. The standard InChI is InChI=1S/C13H17FN4/c1-18(12(7-15)8-2-3-8)13-16-10-5-4-9(14)6-11(10)17-13/h4-6,8,12H,2-3,7,15H2,1H3,(H,16,17). The molecule has 4 nitrogen and oxygen atoms in total. The van der Waals surface area contributed by atoms with Crippen molar-refractivity contribution in [1.82, 2.24) is 9.97 Å². The second-order valence-corrected chi connectivity index (χ2v) is 4.97. The summed E-state index contributed by atoms with van der Waals surface area (Å²) in [4.78, 5) is 9.71. The summed E-state index contributed by atoms with van der Waals surface area (Å²) in [5, 5.41) is 0. The zero-order chi connectivity index (χ0) is 12.7. The van der Waals surface area contributed by atoms with Crippen molar-refractivity contribution >= 4 is 17.0 Å². The van der Waals surface area contributed by atoms with Gasteiger partial charge in [0, 0.05) is 19.6 Å². The number of likely N-dealkylation sites (N-methyl/N-ethyl adjacent to an activating group) is 1. The van der Waals surface area contributed by atoms with Gasteiger partial charge in [0.1, 0.15) is 5.82 Å². The van der Waals surface area contributed by atoms with Crippen molar-refractivity contribution in [2.75, 3.05) is 18.5 Å². The van der Waals surface area contributed by atoms with Gasteiger partial charge in [-0.1, -0.05) is 0 Å². The number of nitrogens with zero attached hydrogens (tertiary/aromatic N) is 2. The second-order valence-electron chi connectivity index (χ2n) is 4.97. The predicted octanol–water partition coefficient (Wildman–Crippen LogP) is 1.88. The van der Waals surface area contributed by atoms with Crippen molar-refractivity contribution in [3.05, 3.63) is 24.0 Å². The van der Waals surface area contributed by atoms with Crippen LogP contribution in [0.5, 0.6) is 0 Å². The molecule has 1 aromatic heterocycles. The molecule has 1 aromatic carbocycles. The van der Waals surface area contributed by atoms with Crippen LogP contribution in [0.3, 0.4) is 0 Å². The molecule has 0 bridgehead atoms. The lowest BCUT2D eigenvalue weighted by atomic mass is 10.2. The molecule has 3 N–H and O–H groups in total. The van der Waals surface area contributed by atoms with E-state index in [1.807, 2.05) is 7.05 Å². The van der Waals surface area contributed by atoms with E-state index in [-0.39, 0.29) is 5.82 Å². The van der Waals surface area contributed by atoms with Crippen LogP contribution >= 0.6 is 0 Å². The number of aromatic amines is 1. The number of hydrogen-bond acceptors (Lipinski definition) is 3. The fourth-order valence-electron chi connectivity index (χ4n) is 2.44. The van der Waals surface area contributed by atoms with Crippen LogP contribution in [-0.4, -0.2) is 29.6 Å². The van der Waals surface area contributed by atoms with Crippen LogP contribution in [0.1, 0.15) is 12.8 Å². The molecule has 0 radical (unpaired) electrons. The normalized spacial score (nSPS) is 17.1.